The molecule has 2 saturated heterocycles. The number of ether oxygens (including phenoxy) is 1. The van der Waals surface area contributed by atoms with Crippen molar-refractivity contribution in [1.29, 1.82) is 0 Å². The first-order valence-electron chi connectivity index (χ1n) is 14.4. The normalized spacial score (nSPS) is 19.2. The number of urea groups is 1. The van der Waals surface area contributed by atoms with Crippen molar-refractivity contribution in [2.24, 2.45) is 0 Å². The number of rotatable bonds is 16. The number of hydrogen-bond donors (Lipinski definition) is 5. The second kappa shape index (κ2) is 15.5. The fraction of sp³-hybridized carbons (Fsp3) is 0.552. The fourth-order valence-corrected chi connectivity index (χ4v) is 6.56. The molecular formula is C29H41N7O4S. The first kappa shape index (κ1) is 30.4. The number of amides is 4. The van der Waals surface area contributed by atoms with Gasteiger partial charge in [0.15, 0.2) is 0 Å². The lowest BCUT2D eigenvalue weighted by Gasteiger charge is -2.16. The Kier molecular flexibility index (Phi) is 11.5. The van der Waals surface area contributed by atoms with Crippen LogP contribution in [0.25, 0.3) is 0 Å². The molecular weight excluding hydrogens is 542 g/mol. The van der Waals surface area contributed by atoms with Gasteiger partial charge in [0, 0.05) is 48.7 Å². The van der Waals surface area contributed by atoms with Crippen molar-refractivity contribution in [3.05, 3.63) is 47.2 Å². The first-order chi connectivity index (χ1) is 19.9. The summed E-state index contributed by atoms with van der Waals surface area (Å²) < 4.78 is 5.69. The van der Waals surface area contributed by atoms with Crippen molar-refractivity contribution < 1.29 is 19.1 Å². The Morgan fingerprint density at radius 2 is 1.73 bits per heavy atom. The molecule has 0 saturated carbocycles. The number of nitrogen functional groups attached to an aromatic ring is 1. The van der Waals surface area contributed by atoms with E-state index in [0.29, 0.717) is 43.7 Å². The summed E-state index contributed by atoms with van der Waals surface area (Å²) in [5.41, 5.74) is 8.41. The van der Waals surface area contributed by atoms with Gasteiger partial charge in [-0.25, -0.2) is 9.78 Å². The van der Waals surface area contributed by atoms with Crippen LogP contribution in [0.2, 0.25) is 0 Å². The van der Waals surface area contributed by atoms with Gasteiger partial charge < -0.3 is 31.7 Å². The number of nitrogens with one attached hydrogen (secondary N) is 4. The highest BCUT2D eigenvalue weighted by Crippen LogP contribution is 2.33. The van der Waals surface area contributed by atoms with Gasteiger partial charge in [0.25, 0.3) is 0 Å². The molecule has 1 aromatic carbocycles. The molecule has 11 nitrogen and oxygen atoms in total. The molecule has 2 aromatic rings. The maximum atomic E-state index is 12.2. The summed E-state index contributed by atoms with van der Waals surface area (Å²) in [6.07, 6.45) is 6.40. The molecule has 0 aliphatic carbocycles. The van der Waals surface area contributed by atoms with E-state index in [9.17, 15) is 14.4 Å². The molecule has 4 amide bonds. The zero-order chi connectivity index (χ0) is 29.0. The summed E-state index contributed by atoms with van der Waals surface area (Å²) >= 11 is 1.91. The molecule has 0 unspecified atom stereocenters. The maximum absolute atomic E-state index is 12.2. The average Bonchev–Trinajstić information content (AvgIpc) is 3.50. The number of nitrogens with zero attached hydrogens (tertiary/aromatic N) is 2. The number of fused-ring (bicyclic) bond motifs is 1. The SMILES string of the molecule is Cc1cc(OCc2ccc(CNC(=O)CCCCCNC(=O)CCCC[C@@H]3SC[C@@H]4NC(=O)N[C@@H]43)cc2)nc(N)n1. The van der Waals surface area contributed by atoms with Crippen molar-refractivity contribution in [3.8, 4) is 5.88 Å². The summed E-state index contributed by atoms with van der Waals surface area (Å²) in [5, 5.41) is 12.4. The highest BCUT2D eigenvalue weighted by Gasteiger charge is 2.42. The standard InChI is InChI=1S/C29H41N7O4S/c1-19-15-26(35-28(30)33-19)40-17-21-12-10-20(11-13-21)16-32-25(38)8-3-2-6-14-31-24(37)9-5-4-7-23-27-22(18-41-23)34-29(39)36-27/h10-13,15,22-23,27H,2-9,14,16-18H2,1H3,(H,31,37)(H,32,38)(H2,30,33,35)(H2,34,36,39)/t22-,23-,27-/m0/s1. The number of aryl methyl sites for hydroxylation is 1. The minimum atomic E-state index is -0.0584. The van der Waals surface area contributed by atoms with Gasteiger partial charge in [-0.3, -0.25) is 9.59 Å². The van der Waals surface area contributed by atoms with Crippen molar-refractivity contribution in [1.82, 2.24) is 31.2 Å². The van der Waals surface area contributed by atoms with Gasteiger partial charge >= 0.3 is 6.03 Å². The van der Waals surface area contributed by atoms with E-state index in [1.807, 2.05) is 43.0 Å². The number of benzene rings is 1. The lowest BCUT2D eigenvalue weighted by atomic mass is 10.0. The molecule has 0 radical (unpaired) electrons. The molecule has 222 valence electrons. The summed E-state index contributed by atoms with van der Waals surface area (Å²) in [6.45, 7) is 3.31. The van der Waals surface area contributed by atoms with Crippen LogP contribution in [0.1, 0.15) is 68.2 Å². The third-order valence-electron chi connectivity index (χ3n) is 7.23. The van der Waals surface area contributed by atoms with E-state index in [1.54, 1.807) is 6.07 Å². The second-order valence-electron chi connectivity index (χ2n) is 10.6. The molecule has 41 heavy (non-hydrogen) atoms. The molecule has 2 aliphatic heterocycles. The Bertz CT molecular complexity index is 1160. The van der Waals surface area contributed by atoms with Gasteiger partial charge in [0.1, 0.15) is 6.61 Å². The van der Waals surface area contributed by atoms with Crippen LogP contribution in [-0.2, 0) is 22.7 Å². The molecule has 3 atom stereocenters. The quantitative estimate of drug-likeness (QED) is 0.149. The monoisotopic (exact) mass is 583 g/mol. The number of carbonyl (C=O) groups is 3. The van der Waals surface area contributed by atoms with Crippen LogP contribution in [-0.4, -0.2) is 57.4 Å². The molecule has 2 fully saturated rings. The largest absolute Gasteiger partial charge is 0.473 e. The van der Waals surface area contributed by atoms with E-state index in [1.165, 1.54) is 0 Å². The van der Waals surface area contributed by atoms with Crippen molar-refractivity contribution in [2.45, 2.75) is 88.8 Å². The number of unbranched alkanes of at least 4 members (excludes halogenated alkanes) is 3. The molecule has 12 heteroatoms. The van der Waals surface area contributed by atoms with Crippen LogP contribution in [0, 0.1) is 6.92 Å². The lowest BCUT2D eigenvalue weighted by Crippen LogP contribution is -2.36. The Balaban J connectivity index is 0.978. The van der Waals surface area contributed by atoms with E-state index in [0.717, 1.165) is 61.1 Å². The third-order valence-corrected chi connectivity index (χ3v) is 8.74. The van der Waals surface area contributed by atoms with Crippen LogP contribution in [0.4, 0.5) is 10.7 Å². The molecule has 0 bridgehead atoms. The van der Waals surface area contributed by atoms with Gasteiger partial charge in [0.05, 0.1) is 12.1 Å². The minimum absolute atomic E-state index is 0.0258. The van der Waals surface area contributed by atoms with Crippen molar-refractivity contribution in [3.63, 3.8) is 0 Å². The summed E-state index contributed by atoms with van der Waals surface area (Å²) in [4.78, 5) is 43.9. The molecule has 1 aromatic heterocycles. The number of anilines is 1. The summed E-state index contributed by atoms with van der Waals surface area (Å²) in [5.74, 6) is 1.70. The maximum Gasteiger partial charge on any atom is 0.315 e. The Hall–Kier alpha value is -3.54. The van der Waals surface area contributed by atoms with Crippen LogP contribution in [0.3, 0.4) is 0 Å². The van der Waals surface area contributed by atoms with E-state index in [4.69, 9.17) is 10.5 Å². The number of carbonyl (C=O) groups excluding carboxylic acids is 3. The molecule has 2 aliphatic rings. The lowest BCUT2D eigenvalue weighted by molar-refractivity contribution is -0.122. The first-order valence-corrected chi connectivity index (χ1v) is 15.4. The van der Waals surface area contributed by atoms with Gasteiger partial charge in [-0.1, -0.05) is 37.1 Å². The Morgan fingerprint density at radius 3 is 2.51 bits per heavy atom. The third kappa shape index (κ3) is 10.1. The van der Waals surface area contributed by atoms with E-state index < -0.39 is 0 Å². The number of hydrogen-bond acceptors (Lipinski definition) is 8. The van der Waals surface area contributed by atoms with E-state index in [-0.39, 0.29) is 35.9 Å². The summed E-state index contributed by atoms with van der Waals surface area (Å²) in [6, 6.07) is 10.0. The van der Waals surface area contributed by atoms with Gasteiger partial charge in [-0.05, 0) is 43.7 Å². The highest BCUT2D eigenvalue weighted by molar-refractivity contribution is 8.00. The van der Waals surface area contributed by atoms with Crippen LogP contribution < -0.4 is 31.7 Å². The van der Waals surface area contributed by atoms with Crippen molar-refractivity contribution >= 4 is 35.6 Å². The number of nitrogens with two attached hydrogens (primary N) is 1. The molecule has 3 heterocycles. The number of aromatic nitrogens is 2. The smallest absolute Gasteiger partial charge is 0.315 e. The second-order valence-corrected chi connectivity index (χ2v) is 11.9. The Labute approximate surface area is 245 Å². The fourth-order valence-electron chi connectivity index (χ4n) is 5.01. The zero-order valence-electron chi connectivity index (χ0n) is 23.6. The van der Waals surface area contributed by atoms with Crippen LogP contribution in [0.5, 0.6) is 5.88 Å². The van der Waals surface area contributed by atoms with Gasteiger partial charge in [0.2, 0.25) is 23.6 Å². The van der Waals surface area contributed by atoms with Crippen LogP contribution >= 0.6 is 11.8 Å². The van der Waals surface area contributed by atoms with Crippen molar-refractivity contribution in [2.75, 3.05) is 18.0 Å². The average molecular weight is 584 g/mol. The number of thioether (sulfide) groups is 1. The highest BCUT2D eigenvalue weighted by atomic mass is 32.2. The Morgan fingerprint density at radius 1 is 1.00 bits per heavy atom. The molecule has 0 spiro atoms. The van der Waals surface area contributed by atoms with E-state index >= 15 is 0 Å². The minimum Gasteiger partial charge on any atom is -0.473 e. The predicted octanol–water partition coefficient (Wildman–Crippen LogP) is 2.96. The van der Waals surface area contributed by atoms with Gasteiger partial charge in [-0.2, -0.15) is 16.7 Å². The predicted molar refractivity (Wildman–Crippen MR) is 159 cm³/mol. The van der Waals surface area contributed by atoms with Gasteiger partial charge in [-0.15, -0.1) is 0 Å². The topological polar surface area (TPSA) is 160 Å². The van der Waals surface area contributed by atoms with E-state index in [2.05, 4.69) is 31.2 Å². The zero-order valence-corrected chi connectivity index (χ0v) is 24.4. The molecule has 6 N–H and O–H groups in total. The summed E-state index contributed by atoms with van der Waals surface area (Å²) in [7, 11) is 0. The molecule has 4 rings (SSSR count). The van der Waals surface area contributed by atoms with Crippen LogP contribution in [0.15, 0.2) is 30.3 Å².